The van der Waals surface area contributed by atoms with Gasteiger partial charge in [0.05, 0.1) is 18.9 Å². The molecule has 0 saturated heterocycles. The summed E-state index contributed by atoms with van der Waals surface area (Å²) in [5.74, 6) is 0.791. The molecule has 2 aromatic heterocycles. The molecule has 102 valence electrons. The van der Waals surface area contributed by atoms with E-state index in [-0.39, 0.29) is 5.97 Å². The molecule has 2 aromatic rings. The van der Waals surface area contributed by atoms with E-state index in [0.29, 0.717) is 25.5 Å². The van der Waals surface area contributed by atoms with E-state index in [4.69, 9.17) is 16.3 Å². The minimum Gasteiger partial charge on any atom is -0.466 e. The number of hydrogen-bond donors (Lipinski definition) is 0. The van der Waals surface area contributed by atoms with Crippen molar-refractivity contribution in [3.05, 3.63) is 23.7 Å². The Bertz CT molecular complexity index is 595. The number of carbonyl (C=O) groups excluding carboxylic acids is 1. The zero-order valence-corrected chi connectivity index (χ0v) is 11.8. The summed E-state index contributed by atoms with van der Waals surface area (Å²) in [7, 11) is 0. The number of halogens is 1. The molecule has 0 amide bonds. The van der Waals surface area contributed by atoms with E-state index in [0.717, 1.165) is 22.6 Å². The van der Waals surface area contributed by atoms with Gasteiger partial charge in [0.15, 0.2) is 5.65 Å². The van der Waals surface area contributed by atoms with E-state index in [1.54, 1.807) is 13.1 Å². The van der Waals surface area contributed by atoms with Crippen molar-refractivity contribution in [2.45, 2.75) is 32.7 Å². The summed E-state index contributed by atoms with van der Waals surface area (Å²) in [4.78, 5) is 20.2. The van der Waals surface area contributed by atoms with Crippen molar-refractivity contribution in [3.8, 4) is 0 Å². The second kappa shape index (κ2) is 6.02. The average molecular weight is 282 g/mol. The van der Waals surface area contributed by atoms with Crippen molar-refractivity contribution in [3.63, 3.8) is 0 Å². The van der Waals surface area contributed by atoms with E-state index in [9.17, 15) is 4.79 Å². The lowest BCUT2D eigenvalue weighted by Gasteiger charge is -2.06. The van der Waals surface area contributed by atoms with Crippen LogP contribution in [0, 0.1) is 6.92 Å². The molecule has 19 heavy (non-hydrogen) atoms. The minimum absolute atomic E-state index is 0.225. The van der Waals surface area contributed by atoms with Gasteiger partial charge in [-0.1, -0.05) is 0 Å². The quantitative estimate of drug-likeness (QED) is 0.624. The summed E-state index contributed by atoms with van der Waals surface area (Å²) in [5.41, 5.74) is 2.65. The van der Waals surface area contributed by atoms with Crippen LogP contribution in [-0.4, -0.2) is 27.1 Å². The summed E-state index contributed by atoms with van der Waals surface area (Å²) in [6.45, 7) is 4.64. The number of ether oxygens (including phenoxy) is 1. The molecule has 0 spiro atoms. The van der Waals surface area contributed by atoms with E-state index >= 15 is 0 Å². The molecule has 5 nitrogen and oxygen atoms in total. The molecule has 2 heterocycles. The van der Waals surface area contributed by atoms with Crippen LogP contribution in [0.3, 0.4) is 0 Å². The van der Waals surface area contributed by atoms with Crippen molar-refractivity contribution < 1.29 is 9.53 Å². The minimum atomic E-state index is -0.225. The maximum absolute atomic E-state index is 11.4. The molecule has 0 fully saturated rings. The Morgan fingerprint density at radius 1 is 1.53 bits per heavy atom. The van der Waals surface area contributed by atoms with Crippen molar-refractivity contribution in [2.24, 2.45) is 0 Å². The van der Waals surface area contributed by atoms with Crippen LogP contribution < -0.4 is 0 Å². The smallest absolute Gasteiger partial charge is 0.307 e. The number of fused-ring (bicyclic) bond motifs is 1. The molecule has 0 saturated carbocycles. The number of esters is 1. The first-order valence-corrected chi connectivity index (χ1v) is 6.73. The fourth-order valence-corrected chi connectivity index (χ4v) is 2.16. The molecular formula is C13H16ClN3O2. The first-order chi connectivity index (χ1) is 9.17. The maximum Gasteiger partial charge on any atom is 0.307 e. The number of carbonyl (C=O) groups is 1. The second-order valence-electron chi connectivity index (χ2n) is 4.17. The van der Waals surface area contributed by atoms with E-state index < -0.39 is 0 Å². The van der Waals surface area contributed by atoms with Gasteiger partial charge in [-0.3, -0.25) is 4.79 Å². The summed E-state index contributed by atoms with van der Waals surface area (Å²) in [6.07, 6.45) is 2.02. The third-order valence-electron chi connectivity index (χ3n) is 2.88. The molecule has 0 aliphatic carbocycles. The van der Waals surface area contributed by atoms with Gasteiger partial charge < -0.3 is 9.30 Å². The molecule has 0 aromatic carbocycles. The molecule has 0 atom stereocenters. The molecule has 2 rings (SSSR count). The molecule has 0 radical (unpaired) electrons. The van der Waals surface area contributed by atoms with Crippen LogP contribution in [0.15, 0.2) is 12.3 Å². The van der Waals surface area contributed by atoms with Gasteiger partial charge in [-0.25, -0.2) is 9.97 Å². The molecule has 0 aliphatic rings. The Hall–Kier alpha value is -1.62. The monoisotopic (exact) mass is 281 g/mol. The van der Waals surface area contributed by atoms with Gasteiger partial charge in [0.1, 0.15) is 11.3 Å². The van der Waals surface area contributed by atoms with E-state index in [2.05, 4.69) is 9.97 Å². The number of rotatable bonds is 5. The number of alkyl halides is 1. The second-order valence-corrected chi connectivity index (χ2v) is 4.44. The van der Waals surface area contributed by atoms with E-state index in [1.807, 2.05) is 17.6 Å². The predicted octanol–water partition coefficient (Wildman–Crippen LogP) is 2.43. The lowest BCUT2D eigenvalue weighted by atomic mass is 10.3. The molecule has 0 aliphatic heterocycles. The first kappa shape index (κ1) is 13.8. The summed E-state index contributed by atoms with van der Waals surface area (Å²) >= 11 is 5.91. The number of hydrogen-bond acceptors (Lipinski definition) is 4. The van der Waals surface area contributed by atoms with Gasteiger partial charge in [0.2, 0.25) is 0 Å². The fourth-order valence-electron chi connectivity index (χ4n) is 1.96. The van der Waals surface area contributed by atoms with Gasteiger partial charge >= 0.3 is 5.97 Å². The van der Waals surface area contributed by atoms with E-state index in [1.165, 1.54) is 0 Å². The third kappa shape index (κ3) is 2.87. The van der Waals surface area contributed by atoms with Crippen molar-refractivity contribution >= 4 is 28.7 Å². The number of aromatic nitrogens is 3. The largest absolute Gasteiger partial charge is 0.466 e. The van der Waals surface area contributed by atoms with Crippen LogP contribution >= 0.6 is 11.6 Å². The topological polar surface area (TPSA) is 57.0 Å². The Kier molecular flexibility index (Phi) is 4.37. The standard InChI is InChI=1S/C13H16ClN3O2/c1-3-19-11(18)5-7-17-10(8-14)16-12-9(2)4-6-15-13(12)17/h4,6H,3,5,7-8H2,1-2H3. The molecular weight excluding hydrogens is 266 g/mol. The van der Waals surface area contributed by atoms with Crippen LogP contribution in [0.1, 0.15) is 24.7 Å². The van der Waals surface area contributed by atoms with Crippen LogP contribution in [0.2, 0.25) is 0 Å². The fraction of sp³-hybridized carbons (Fsp3) is 0.462. The van der Waals surface area contributed by atoms with Crippen molar-refractivity contribution in [1.29, 1.82) is 0 Å². The highest BCUT2D eigenvalue weighted by molar-refractivity contribution is 6.16. The number of imidazole rings is 1. The Morgan fingerprint density at radius 3 is 3.00 bits per heavy atom. The van der Waals surface area contributed by atoms with Crippen molar-refractivity contribution in [1.82, 2.24) is 14.5 Å². The molecule has 0 N–H and O–H groups in total. The summed E-state index contributed by atoms with van der Waals surface area (Å²) in [6, 6.07) is 1.91. The van der Waals surface area contributed by atoms with Gasteiger partial charge in [0, 0.05) is 12.7 Å². The highest BCUT2D eigenvalue weighted by Gasteiger charge is 2.13. The van der Waals surface area contributed by atoms with Crippen LogP contribution in [-0.2, 0) is 22.0 Å². The number of nitrogens with zero attached hydrogens (tertiary/aromatic N) is 3. The maximum atomic E-state index is 11.4. The van der Waals surface area contributed by atoms with Gasteiger partial charge in [0.25, 0.3) is 0 Å². The van der Waals surface area contributed by atoms with Gasteiger partial charge in [-0.15, -0.1) is 11.6 Å². The van der Waals surface area contributed by atoms with Crippen LogP contribution in [0.5, 0.6) is 0 Å². The Balaban J connectivity index is 2.30. The summed E-state index contributed by atoms with van der Waals surface area (Å²) in [5, 5.41) is 0. The average Bonchev–Trinajstić information content (AvgIpc) is 2.76. The number of pyridine rings is 1. The lowest BCUT2D eigenvalue weighted by molar-refractivity contribution is -0.143. The van der Waals surface area contributed by atoms with Crippen LogP contribution in [0.4, 0.5) is 0 Å². The Morgan fingerprint density at radius 2 is 2.32 bits per heavy atom. The van der Waals surface area contributed by atoms with Crippen molar-refractivity contribution in [2.75, 3.05) is 6.61 Å². The zero-order chi connectivity index (χ0) is 13.8. The molecule has 0 bridgehead atoms. The predicted molar refractivity (Wildman–Crippen MR) is 73.1 cm³/mol. The Labute approximate surface area is 116 Å². The van der Waals surface area contributed by atoms with Gasteiger partial charge in [-0.2, -0.15) is 0 Å². The highest BCUT2D eigenvalue weighted by atomic mass is 35.5. The van der Waals surface area contributed by atoms with Crippen LogP contribution in [0.25, 0.3) is 11.2 Å². The number of aryl methyl sites for hydroxylation is 2. The third-order valence-corrected chi connectivity index (χ3v) is 3.12. The van der Waals surface area contributed by atoms with Gasteiger partial charge in [-0.05, 0) is 25.5 Å². The lowest BCUT2D eigenvalue weighted by Crippen LogP contribution is -2.11. The zero-order valence-electron chi connectivity index (χ0n) is 11.0. The summed E-state index contributed by atoms with van der Waals surface area (Å²) < 4.78 is 6.80. The highest BCUT2D eigenvalue weighted by Crippen LogP contribution is 2.19. The molecule has 6 heteroatoms. The SMILES string of the molecule is CCOC(=O)CCn1c(CCl)nc2c(C)ccnc21. The molecule has 0 unspecified atom stereocenters. The normalized spacial score (nSPS) is 10.9. The first-order valence-electron chi connectivity index (χ1n) is 6.19.